The number of anilines is 1. The normalized spacial score (nSPS) is 10.6. The molecule has 0 unspecified atom stereocenters. The molecule has 3 nitrogen and oxygen atoms in total. The largest absolute Gasteiger partial charge is 0.395 e. The molecule has 0 aliphatic rings. The molecule has 0 fully saturated rings. The van der Waals surface area contributed by atoms with Crippen molar-refractivity contribution in [1.82, 2.24) is 5.32 Å². The number of nitrogens with one attached hydrogen (secondary N) is 1. The van der Waals surface area contributed by atoms with Gasteiger partial charge in [-0.2, -0.15) is 0 Å². The molecule has 0 bridgehead atoms. The standard InChI is InChI=1S/C13H21BrN2O/c1-3-6-15-10-11-4-5-12(14)9-13(11)16(2)7-8-17/h4-5,9,15,17H,3,6-8,10H2,1-2H3. The second-order valence-electron chi connectivity index (χ2n) is 4.09. The number of aliphatic hydroxyl groups excluding tert-OH is 1. The summed E-state index contributed by atoms with van der Waals surface area (Å²) < 4.78 is 1.07. The van der Waals surface area contributed by atoms with Crippen LogP contribution in [0.15, 0.2) is 22.7 Å². The topological polar surface area (TPSA) is 35.5 Å². The number of aliphatic hydroxyl groups is 1. The number of rotatable bonds is 7. The highest BCUT2D eigenvalue weighted by atomic mass is 79.9. The lowest BCUT2D eigenvalue weighted by Gasteiger charge is -2.22. The zero-order valence-corrected chi connectivity index (χ0v) is 12.1. The minimum atomic E-state index is 0.171. The van der Waals surface area contributed by atoms with Crippen molar-refractivity contribution in [3.05, 3.63) is 28.2 Å². The van der Waals surface area contributed by atoms with Crippen LogP contribution in [0, 0.1) is 0 Å². The highest BCUT2D eigenvalue weighted by Crippen LogP contribution is 2.24. The minimum absolute atomic E-state index is 0.171. The molecule has 0 heterocycles. The molecule has 0 atom stereocenters. The zero-order chi connectivity index (χ0) is 12.7. The third-order valence-corrected chi connectivity index (χ3v) is 3.13. The van der Waals surface area contributed by atoms with Gasteiger partial charge < -0.3 is 15.3 Å². The number of likely N-dealkylation sites (N-methyl/N-ethyl adjacent to an activating group) is 1. The third-order valence-electron chi connectivity index (χ3n) is 2.64. The molecule has 96 valence electrons. The van der Waals surface area contributed by atoms with Gasteiger partial charge in [0.05, 0.1) is 6.61 Å². The summed E-state index contributed by atoms with van der Waals surface area (Å²) in [5, 5.41) is 12.4. The third kappa shape index (κ3) is 4.66. The van der Waals surface area contributed by atoms with E-state index in [4.69, 9.17) is 5.11 Å². The first kappa shape index (κ1) is 14.5. The predicted octanol–water partition coefficient (Wildman–Crippen LogP) is 2.38. The molecule has 17 heavy (non-hydrogen) atoms. The average Bonchev–Trinajstić information content (AvgIpc) is 2.31. The molecule has 1 rings (SSSR count). The Balaban J connectivity index is 2.79. The van der Waals surface area contributed by atoms with Crippen LogP contribution in [0.25, 0.3) is 0 Å². The van der Waals surface area contributed by atoms with Crippen molar-refractivity contribution in [3.8, 4) is 0 Å². The van der Waals surface area contributed by atoms with Gasteiger partial charge >= 0.3 is 0 Å². The van der Waals surface area contributed by atoms with Crippen LogP contribution in [-0.2, 0) is 6.54 Å². The summed E-state index contributed by atoms with van der Waals surface area (Å²) in [4.78, 5) is 2.08. The summed E-state index contributed by atoms with van der Waals surface area (Å²) in [6.45, 7) is 4.88. The van der Waals surface area contributed by atoms with E-state index in [1.807, 2.05) is 7.05 Å². The summed E-state index contributed by atoms with van der Waals surface area (Å²) in [5.74, 6) is 0. The quantitative estimate of drug-likeness (QED) is 0.759. The smallest absolute Gasteiger partial charge is 0.0606 e. The Morgan fingerprint density at radius 2 is 2.18 bits per heavy atom. The van der Waals surface area contributed by atoms with Gasteiger partial charge in [0, 0.05) is 30.3 Å². The molecule has 4 heteroatoms. The van der Waals surface area contributed by atoms with Crippen LogP contribution >= 0.6 is 15.9 Å². The summed E-state index contributed by atoms with van der Waals surface area (Å²) in [5.41, 5.74) is 2.43. The van der Waals surface area contributed by atoms with Gasteiger partial charge in [0.25, 0.3) is 0 Å². The van der Waals surface area contributed by atoms with Crippen molar-refractivity contribution in [2.24, 2.45) is 0 Å². The van der Waals surface area contributed by atoms with Crippen LogP contribution in [0.3, 0.4) is 0 Å². The number of halogens is 1. The molecule has 0 saturated heterocycles. The molecular formula is C13H21BrN2O. The molecule has 0 amide bonds. The van der Waals surface area contributed by atoms with E-state index in [1.54, 1.807) is 0 Å². The molecule has 0 spiro atoms. The van der Waals surface area contributed by atoms with Gasteiger partial charge in [-0.05, 0) is 30.7 Å². The molecule has 2 N–H and O–H groups in total. The van der Waals surface area contributed by atoms with E-state index < -0.39 is 0 Å². The van der Waals surface area contributed by atoms with Crippen molar-refractivity contribution in [1.29, 1.82) is 0 Å². The summed E-state index contributed by atoms with van der Waals surface area (Å²) in [6.07, 6.45) is 1.14. The molecule has 0 aliphatic carbocycles. The van der Waals surface area contributed by atoms with E-state index in [0.717, 1.165) is 29.7 Å². The Labute approximate surface area is 112 Å². The van der Waals surface area contributed by atoms with Crippen molar-refractivity contribution in [2.45, 2.75) is 19.9 Å². The first-order valence-corrected chi connectivity index (χ1v) is 6.79. The minimum Gasteiger partial charge on any atom is -0.395 e. The predicted molar refractivity (Wildman–Crippen MR) is 76.5 cm³/mol. The molecular weight excluding hydrogens is 280 g/mol. The van der Waals surface area contributed by atoms with E-state index in [9.17, 15) is 0 Å². The van der Waals surface area contributed by atoms with Crippen molar-refractivity contribution in [2.75, 3.05) is 31.6 Å². The van der Waals surface area contributed by atoms with Crippen LogP contribution in [-0.4, -0.2) is 31.9 Å². The summed E-state index contributed by atoms with van der Waals surface area (Å²) in [6, 6.07) is 6.27. The van der Waals surface area contributed by atoms with E-state index in [0.29, 0.717) is 6.54 Å². The fourth-order valence-corrected chi connectivity index (χ4v) is 2.06. The highest BCUT2D eigenvalue weighted by Gasteiger charge is 2.07. The van der Waals surface area contributed by atoms with Crippen molar-refractivity contribution >= 4 is 21.6 Å². The Bertz CT molecular complexity index is 344. The van der Waals surface area contributed by atoms with Gasteiger partial charge in [-0.1, -0.05) is 28.9 Å². The first-order valence-electron chi connectivity index (χ1n) is 6.00. The van der Waals surface area contributed by atoms with Crippen molar-refractivity contribution in [3.63, 3.8) is 0 Å². The first-order chi connectivity index (χ1) is 8.19. The fourth-order valence-electron chi connectivity index (χ4n) is 1.71. The van der Waals surface area contributed by atoms with E-state index in [1.165, 1.54) is 5.56 Å². The van der Waals surface area contributed by atoms with Crippen LogP contribution in [0.2, 0.25) is 0 Å². The number of nitrogens with zero attached hydrogens (tertiary/aromatic N) is 1. The average molecular weight is 301 g/mol. The molecule has 0 aliphatic heterocycles. The molecule has 0 saturated carbocycles. The Kier molecular flexibility index (Phi) is 6.55. The van der Waals surface area contributed by atoms with Crippen LogP contribution in [0.5, 0.6) is 0 Å². The second-order valence-corrected chi connectivity index (χ2v) is 5.01. The van der Waals surface area contributed by atoms with E-state index >= 15 is 0 Å². The molecule has 1 aromatic carbocycles. The summed E-state index contributed by atoms with van der Waals surface area (Å²) >= 11 is 3.49. The Morgan fingerprint density at radius 3 is 2.82 bits per heavy atom. The monoisotopic (exact) mass is 300 g/mol. The van der Waals surface area contributed by atoms with Crippen LogP contribution in [0.4, 0.5) is 5.69 Å². The maximum absolute atomic E-state index is 9.00. The lowest BCUT2D eigenvalue weighted by molar-refractivity contribution is 0.304. The van der Waals surface area contributed by atoms with Crippen molar-refractivity contribution < 1.29 is 5.11 Å². The maximum atomic E-state index is 9.00. The van der Waals surface area contributed by atoms with Gasteiger partial charge in [0.1, 0.15) is 0 Å². The summed E-state index contributed by atoms with van der Waals surface area (Å²) in [7, 11) is 2.00. The zero-order valence-electron chi connectivity index (χ0n) is 10.5. The maximum Gasteiger partial charge on any atom is 0.0606 e. The second kappa shape index (κ2) is 7.69. The lowest BCUT2D eigenvalue weighted by atomic mass is 10.1. The Hall–Kier alpha value is -0.580. The van der Waals surface area contributed by atoms with E-state index in [2.05, 4.69) is 51.3 Å². The Morgan fingerprint density at radius 1 is 1.41 bits per heavy atom. The van der Waals surface area contributed by atoms with Gasteiger partial charge in [0.2, 0.25) is 0 Å². The van der Waals surface area contributed by atoms with Crippen LogP contribution < -0.4 is 10.2 Å². The van der Waals surface area contributed by atoms with Crippen LogP contribution in [0.1, 0.15) is 18.9 Å². The lowest BCUT2D eigenvalue weighted by Crippen LogP contribution is -2.24. The van der Waals surface area contributed by atoms with Gasteiger partial charge in [-0.25, -0.2) is 0 Å². The highest BCUT2D eigenvalue weighted by molar-refractivity contribution is 9.10. The van der Waals surface area contributed by atoms with Gasteiger partial charge in [-0.15, -0.1) is 0 Å². The number of hydrogen-bond acceptors (Lipinski definition) is 3. The van der Waals surface area contributed by atoms with E-state index in [-0.39, 0.29) is 6.61 Å². The van der Waals surface area contributed by atoms with Gasteiger partial charge in [-0.3, -0.25) is 0 Å². The number of benzene rings is 1. The molecule has 0 radical (unpaired) electrons. The molecule has 0 aromatic heterocycles. The SMILES string of the molecule is CCCNCc1ccc(Br)cc1N(C)CCO. The fraction of sp³-hybridized carbons (Fsp3) is 0.538. The van der Waals surface area contributed by atoms with Gasteiger partial charge in [0.15, 0.2) is 0 Å². The molecule has 1 aromatic rings. The number of hydrogen-bond donors (Lipinski definition) is 2.